The Hall–Kier alpha value is -2.74. The molecule has 4 rings (SSSR count). The van der Waals surface area contributed by atoms with E-state index >= 15 is 0 Å². The van der Waals surface area contributed by atoms with Crippen molar-refractivity contribution in [3.63, 3.8) is 0 Å². The molecule has 1 amide bonds. The lowest BCUT2D eigenvalue weighted by molar-refractivity contribution is -0.111. The molecular formula is C21H18Cl2FN5O. The van der Waals surface area contributed by atoms with E-state index in [0.717, 1.165) is 0 Å². The Morgan fingerprint density at radius 3 is 2.80 bits per heavy atom. The summed E-state index contributed by atoms with van der Waals surface area (Å²) >= 11 is 12.4. The summed E-state index contributed by atoms with van der Waals surface area (Å²) in [7, 11) is 0. The highest BCUT2D eigenvalue weighted by Crippen LogP contribution is 2.36. The van der Waals surface area contributed by atoms with Crippen LogP contribution in [0.15, 0.2) is 48.8 Å². The van der Waals surface area contributed by atoms with Crippen molar-refractivity contribution in [2.75, 3.05) is 17.2 Å². The van der Waals surface area contributed by atoms with Gasteiger partial charge in [0.1, 0.15) is 12.1 Å². The first-order valence-corrected chi connectivity index (χ1v) is 10.1. The quantitative estimate of drug-likeness (QED) is 0.442. The average Bonchev–Trinajstić information content (AvgIpc) is 3.55. The van der Waals surface area contributed by atoms with Gasteiger partial charge in [0.2, 0.25) is 5.91 Å². The summed E-state index contributed by atoms with van der Waals surface area (Å²) in [6.07, 6.45) is 6.93. The zero-order valence-electron chi connectivity index (χ0n) is 15.8. The molecule has 2 aromatic carbocycles. The van der Waals surface area contributed by atoms with Crippen molar-refractivity contribution in [1.82, 2.24) is 15.3 Å². The van der Waals surface area contributed by atoms with Crippen molar-refractivity contribution < 1.29 is 9.18 Å². The molecule has 0 unspecified atom stereocenters. The maximum absolute atomic E-state index is 14.3. The van der Waals surface area contributed by atoms with Gasteiger partial charge in [-0.15, -0.1) is 0 Å². The fraction of sp³-hybridized carbons (Fsp3) is 0.190. The molecule has 1 fully saturated rings. The molecule has 0 bridgehead atoms. The maximum atomic E-state index is 14.3. The normalized spacial score (nSPS) is 13.7. The first kappa shape index (κ1) is 20.5. The number of rotatable bonds is 7. The van der Waals surface area contributed by atoms with Crippen molar-refractivity contribution in [2.45, 2.75) is 18.9 Å². The van der Waals surface area contributed by atoms with E-state index in [1.54, 1.807) is 24.3 Å². The molecule has 30 heavy (non-hydrogen) atoms. The van der Waals surface area contributed by atoms with Gasteiger partial charge in [-0.25, -0.2) is 14.4 Å². The number of hydrogen-bond donors (Lipinski definition) is 3. The van der Waals surface area contributed by atoms with Gasteiger partial charge in [0.25, 0.3) is 0 Å². The van der Waals surface area contributed by atoms with Crippen LogP contribution in [-0.4, -0.2) is 28.5 Å². The summed E-state index contributed by atoms with van der Waals surface area (Å²) in [6.45, 7) is 0.636. The third-order valence-corrected chi connectivity index (χ3v) is 5.26. The Kier molecular flexibility index (Phi) is 6.13. The van der Waals surface area contributed by atoms with E-state index in [1.807, 2.05) is 0 Å². The number of hydrogen-bond acceptors (Lipinski definition) is 5. The van der Waals surface area contributed by atoms with Crippen LogP contribution in [0, 0.1) is 5.82 Å². The number of nitrogens with zero attached hydrogens (tertiary/aromatic N) is 2. The van der Waals surface area contributed by atoms with E-state index in [0.29, 0.717) is 35.0 Å². The van der Waals surface area contributed by atoms with E-state index in [-0.39, 0.29) is 21.6 Å². The molecule has 1 heterocycles. The number of benzene rings is 2. The minimum Gasteiger partial charge on any atom is -0.337 e. The average molecular weight is 446 g/mol. The SMILES string of the molecule is O=C(/C=C/CNC1CC1)Nc1ccc2ncnc(Nc3cccc(Cl)c3F)c2c1Cl. The molecule has 1 aliphatic carbocycles. The van der Waals surface area contributed by atoms with Crippen LogP contribution in [0.25, 0.3) is 10.9 Å². The molecule has 154 valence electrons. The zero-order chi connectivity index (χ0) is 21.1. The summed E-state index contributed by atoms with van der Waals surface area (Å²) in [6, 6.07) is 8.55. The second kappa shape index (κ2) is 8.95. The fourth-order valence-corrected chi connectivity index (χ4v) is 3.36. The van der Waals surface area contributed by atoms with Crippen molar-refractivity contribution in [3.8, 4) is 0 Å². The summed E-state index contributed by atoms with van der Waals surface area (Å²) < 4.78 is 14.3. The lowest BCUT2D eigenvalue weighted by atomic mass is 10.2. The Labute approximate surface area is 182 Å². The topological polar surface area (TPSA) is 78.9 Å². The maximum Gasteiger partial charge on any atom is 0.248 e. The number of carbonyl (C=O) groups is 1. The minimum absolute atomic E-state index is 0.0135. The van der Waals surface area contributed by atoms with Crippen molar-refractivity contribution in [1.29, 1.82) is 0 Å². The summed E-state index contributed by atoms with van der Waals surface area (Å²) in [5.41, 5.74) is 1.10. The Morgan fingerprint density at radius 2 is 2.00 bits per heavy atom. The van der Waals surface area contributed by atoms with Gasteiger partial charge >= 0.3 is 0 Å². The second-order valence-corrected chi connectivity index (χ2v) is 7.63. The van der Waals surface area contributed by atoms with Crippen LogP contribution in [0.5, 0.6) is 0 Å². The monoisotopic (exact) mass is 445 g/mol. The molecule has 0 spiro atoms. The van der Waals surface area contributed by atoms with Crippen LogP contribution < -0.4 is 16.0 Å². The van der Waals surface area contributed by atoms with Crippen LogP contribution in [0.1, 0.15) is 12.8 Å². The zero-order valence-corrected chi connectivity index (χ0v) is 17.3. The second-order valence-electron chi connectivity index (χ2n) is 6.84. The lowest BCUT2D eigenvalue weighted by Gasteiger charge is -2.13. The van der Waals surface area contributed by atoms with Gasteiger partial charge in [0.15, 0.2) is 5.82 Å². The number of nitrogens with one attached hydrogen (secondary N) is 3. The van der Waals surface area contributed by atoms with Gasteiger partial charge < -0.3 is 16.0 Å². The predicted octanol–water partition coefficient (Wildman–Crippen LogP) is 5.07. The first-order chi connectivity index (χ1) is 14.5. The molecule has 3 N–H and O–H groups in total. The molecule has 0 saturated heterocycles. The van der Waals surface area contributed by atoms with Gasteiger partial charge in [0, 0.05) is 18.7 Å². The summed E-state index contributed by atoms with van der Waals surface area (Å²) in [5, 5.41) is 9.64. The largest absolute Gasteiger partial charge is 0.337 e. The molecule has 0 radical (unpaired) electrons. The van der Waals surface area contributed by atoms with Crippen molar-refractivity contribution >= 4 is 57.2 Å². The number of carbonyl (C=O) groups excluding carboxylic acids is 1. The van der Waals surface area contributed by atoms with Crippen molar-refractivity contribution in [2.24, 2.45) is 0 Å². The van der Waals surface area contributed by atoms with E-state index in [9.17, 15) is 9.18 Å². The Bertz CT molecular complexity index is 1130. The van der Waals surface area contributed by atoms with Gasteiger partial charge in [0.05, 0.1) is 32.3 Å². The molecule has 9 heteroatoms. The van der Waals surface area contributed by atoms with Gasteiger partial charge in [-0.05, 0) is 37.1 Å². The Morgan fingerprint density at radius 1 is 1.17 bits per heavy atom. The van der Waals surface area contributed by atoms with Gasteiger partial charge in [-0.1, -0.05) is 35.3 Å². The molecule has 1 aliphatic rings. The van der Waals surface area contributed by atoms with Crippen LogP contribution in [0.3, 0.4) is 0 Å². The predicted molar refractivity (Wildman–Crippen MR) is 118 cm³/mol. The van der Waals surface area contributed by atoms with Crippen LogP contribution >= 0.6 is 23.2 Å². The molecule has 1 saturated carbocycles. The molecule has 6 nitrogen and oxygen atoms in total. The molecule has 3 aromatic rings. The van der Waals surface area contributed by atoms with Crippen LogP contribution in [0.2, 0.25) is 10.0 Å². The van der Waals surface area contributed by atoms with Gasteiger partial charge in [-0.3, -0.25) is 4.79 Å². The number of aromatic nitrogens is 2. The molecule has 0 atom stereocenters. The smallest absolute Gasteiger partial charge is 0.248 e. The fourth-order valence-electron chi connectivity index (χ4n) is 2.89. The van der Waals surface area contributed by atoms with Gasteiger partial charge in [-0.2, -0.15) is 0 Å². The summed E-state index contributed by atoms with van der Waals surface area (Å²) in [4.78, 5) is 20.6. The highest BCUT2D eigenvalue weighted by Gasteiger charge is 2.19. The highest BCUT2D eigenvalue weighted by atomic mass is 35.5. The molecule has 0 aliphatic heterocycles. The minimum atomic E-state index is -0.601. The number of anilines is 3. The third-order valence-electron chi connectivity index (χ3n) is 4.57. The van der Waals surface area contributed by atoms with Crippen molar-refractivity contribution in [3.05, 3.63) is 64.7 Å². The standard InChI is InChI=1S/C21H18Cl2FN5O/c22-13-3-1-4-16(20(13)24)29-21-18-14(26-11-27-21)8-9-15(19(18)23)28-17(30)5-2-10-25-12-6-7-12/h1-5,8-9,11-12,25H,6-7,10H2,(H,28,30)(H,26,27,29)/b5-2+. The number of halogens is 3. The van der Waals surface area contributed by atoms with E-state index in [2.05, 4.69) is 25.9 Å². The number of amides is 1. The van der Waals surface area contributed by atoms with E-state index in [1.165, 1.54) is 37.4 Å². The third kappa shape index (κ3) is 4.70. The van der Waals surface area contributed by atoms with Crippen LogP contribution in [0.4, 0.5) is 21.6 Å². The first-order valence-electron chi connectivity index (χ1n) is 9.38. The molecule has 1 aromatic heterocycles. The summed E-state index contributed by atoms with van der Waals surface area (Å²) in [5.74, 6) is -0.607. The highest BCUT2D eigenvalue weighted by molar-refractivity contribution is 6.39. The lowest BCUT2D eigenvalue weighted by Crippen LogP contribution is -2.16. The Balaban J connectivity index is 1.58. The molecular weight excluding hydrogens is 428 g/mol. The van der Waals surface area contributed by atoms with E-state index in [4.69, 9.17) is 23.2 Å². The number of fused-ring (bicyclic) bond motifs is 1. The van der Waals surface area contributed by atoms with Crippen LogP contribution in [-0.2, 0) is 4.79 Å². The van der Waals surface area contributed by atoms with E-state index < -0.39 is 5.82 Å².